The van der Waals surface area contributed by atoms with Gasteiger partial charge in [-0.3, -0.25) is 0 Å². The van der Waals surface area contributed by atoms with Crippen LogP contribution in [0, 0.1) is 0 Å². The third kappa shape index (κ3) is 6.97. The molecule has 1 saturated heterocycles. The first-order valence-corrected chi connectivity index (χ1v) is 10.6. The Balaban J connectivity index is 1.85. The molecule has 0 saturated carbocycles. The Morgan fingerprint density at radius 1 is 1.10 bits per heavy atom. The second-order valence-electron chi connectivity index (χ2n) is 9.72. The van der Waals surface area contributed by atoms with E-state index in [1.165, 1.54) is 0 Å². The van der Waals surface area contributed by atoms with E-state index in [2.05, 4.69) is 5.32 Å². The van der Waals surface area contributed by atoms with Crippen molar-refractivity contribution in [3.05, 3.63) is 35.6 Å². The molecule has 0 aromatic heterocycles. The number of benzene rings is 1. The van der Waals surface area contributed by atoms with Gasteiger partial charge in [0.25, 0.3) is 0 Å². The minimum atomic E-state index is -1.02. The fourth-order valence-corrected chi connectivity index (χ4v) is 2.83. The molecule has 6 nitrogen and oxygen atoms in total. The van der Waals surface area contributed by atoms with Gasteiger partial charge in [0.2, 0.25) is 0 Å². The first-order chi connectivity index (χ1) is 14.2. The summed E-state index contributed by atoms with van der Waals surface area (Å²) in [5, 5.41) is 2.69. The van der Waals surface area contributed by atoms with Crippen LogP contribution in [-0.4, -0.2) is 43.2 Å². The Hall–Kier alpha value is -2.06. The first-order valence-electron chi connectivity index (χ1n) is 10.6. The number of halogens is 1. The van der Waals surface area contributed by atoms with E-state index in [1.54, 1.807) is 31.2 Å². The van der Waals surface area contributed by atoms with Gasteiger partial charge in [0.15, 0.2) is 0 Å². The molecule has 0 atom stereocenters. The van der Waals surface area contributed by atoms with E-state index in [0.717, 1.165) is 5.56 Å². The highest BCUT2D eigenvalue weighted by atomic mass is 19.1. The highest BCUT2D eigenvalue weighted by molar-refractivity contribution is 6.55. The minimum Gasteiger partial charge on any atom is -0.494 e. The van der Waals surface area contributed by atoms with E-state index in [1.807, 2.05) is 48.5 Å². The minimum absolute atomic E-state index is 0.430. The van der Waals surface area contributed by atoms with Crippen molar-refractivity contribution in [1.29, 1.82) is 0 Å². The molecule has 1 aliphatic heterocycles. The maximum atomic E-state index is 15.0. The summed E-state index contributed by atoms with van der Waals surface area (Å²) in [6.45, 7) is 15.6. The molecule has 2 rings (SSSR count). The van der Waals surface area contributed by atoms with Crippen molar-refractivity contribution in [1.82, 2.24) is 5.32 Å². The van der Waals surface area contributed by atoms with Crippen LogP contribution in [0.25, 0.3) is 5.57 Å². The number of hydrogen-bond donors (Lipinski definition) is 1. The van der Waals surface area contributed by atoms with Crippen LogP contribution in [0.5, 0.6) is 5.75 Å². The van der Waals surface area contributed by atoms with Crippen molar-refractivity contribution in [2.75, 3.05) is 13.2 Å². The lowest BCUT2D eigenvalue weighted by Gasteiger charge is -2.32. The van der Waals surface area contributed by atoms with Gasteiger partial charge >= 0.3 is 13.2 Å². The van der Waals surface area contributed by atoms with Crippen molar-refractivity contribution in [2.24, 2.45) is 0 Å². The molecule has 1 aromatic carbocycles. The molecule has 1 aliphatic rings. The summed E-state index contributed by atoms with van der Waals surface area (Å²) in [4.78, 5) is 11.6. The quantitative estimate of drug-likeness (QED) is 0.464. The average molecular weight is 435 g/mol. The zero-order valence-corrected chi connectivity index (χ0v) is 19.9. The van der Waals surface area contributed by atoms with Crippen molar-refractivity contribution in [2.45, 2.75) is 78.6 Å². The highest BCUT2D eigenvalue weighted by Crippen LogP contribution is 2.40. The predicted molar refractivity (Wildman–Crippen MR) is 121 cm³/mol. The van der Waals surface area contributed by atoms with Gasteiger partial charge in [-0.05, 0) is 85.1 Å². The molecule has 0 unspecified atom stereocenters. The van der Waals surface area contributed by atoms with Gasteiger partial charge in [-0.15, -0.1) is 0 Å². The Kier molecular flexibility index (Phi) is 7.82. The third-order valence-corrected chi connectivity index (χ3v) is 5.36. The van der Waals surface area contributed by atoms with Crippen molar-refractivity contribution in [3.63, 3.8) is 0 Å². The Labute approximate surface area is 185 Å². The van der Waals surface area contributed by atoms with Crippen molar-refractivity contribution < 1.29 is 28.0 Å². The Morgan fingerprint density at radius 2 is 1.65 bits per heavy atom. The number of hydrogen-bond acceptors (Lipinski definition) is 5. The first kappa shape index (κ1) is 25.2. The fourth-order valence-electron chi connectivity index (χ4n) is 2.83. The van der Waals surface area contributed by atoms with E-state index in [0.29, 0.717) is 30.9 Å². The average Bonchev–Trinajstić information content (AvgIpc) is 2.86. The summed E-state index contributed by atoms with van der Waals surface area (Å²) >= 11 is 0. The molecule has 0 spiro atoms. The zero-order valence-electron chi connectivity index (χ0n) is 19.9. The van der Waals surface area contributed by atoms with Crippen LogP contribution < -0.4 is 10.1 Å². The van der Waals surface area contributed by atoms with Gasteiger partial charge in [-0.2, -0.15) is 0 Å². The van der Waals surface area contributed by atoms with E-state index in [-0.39, 0.29) is 0 Å². The van der Waals surface area contributed by atoms with Crippen LogP contribution in [0.4, 0.5) is 9.18 Å². The molecule has 8 heteroatoms. The smallest absolute Gasteiger partial charge is 0.494 e. The van der Waals surface area contributed by atoms with Crippen LogP contribution >= 0.6 is 0 Å². The number of rotatable bonds is 7. The number of amides is 1. The topological polar surface area (TPSA) is 66.0 Å². The fraction of sp³-hybridized carbons (Fsp3) is 0.609. The third-order valence-electron chi connectivity index (χ3n) is 5.36. The molecular weight excluding hydrogens is 400 g/mol. The van der Waals surface area contributed by atoms with Gasteiger partial charge in [0.05, 0.1) is 17.8 Å². The summed E-state index contributed by atoms with van der Waals surface area (Å²) in [5.41, 5.74) is -0.939. The molecular formula is C23H35BFNO5. The molecule has 0 bridgehead atoms. The summed E-state index contributed by atoms with van der Waals surface area (Å²) < 4.78 is 37.4. The van der Waals surface area contributed by atoms with Crippen LogP contribution in [0.1, 0.15) is 67.4 Å². The summed E-state index contributed by atoms with van der Waals surface area (Å²) in [5.74, 6) is 0.671. The van der Waals surface area contributed by atoms with Crippen molar-refractivity contribution >= 4 is 18.8 Å². The number of ether oxygens (including phenoxy) is 2. The number of alkyl carbamates (subject to hydrolysis) is 1. The van der Waals surface area contributed by atoms with Crippen LogP contribution in [0.15, 0.2) is 30.0 Å². The summed E-state index contributed by atoms with van der Waals surface area (Å²) in [6.07, 6.45) is 0.194. The molecule has 0 radical (unpaired) electrons. The van der Waals surface area contributed by atoms with Crippen LogP contribution in [0.3, 0.4) is 0 Å². The predicted octanol–water partition coefficient (Wildman–Crippen LogP) is 5.31. The molecule has 1 aromatic rings. The number of carbonyl (C=O) groups is 1. The zero-order chi connectivity index (χ0) is 23.4. The molecule has 1 amide bonds. The van der Waals surface area contributed by atoms with Gasteiger partial charge in [0.1, 0.15) is 17.1 Å². The second kappa shape index (κ2) is 9.61. The number of carbonyl (C=O) groups excluding carboxylic acids is 1. The monoisotopic (exact) mass is 435 g/mol. The highest BCUT2D eigenvalue weighted by Gasteiger charge is 2.53. The van der Waals surface area contributed by atoms with Gasteiger partial charge in [-0.1, -0.05) is 12.1 Å². The number of nitrogens with one attached hydrogen (secondary N) is 1. The standard InChI is InChI=1S/C23H35BFNO5/c1-16(19(25)24-30-22(5,6)23(7,8)31-24)17-10-12-18(13-11-17)28-15-9-14-26-20(27)29-21(2,3)4/h10-13H,9,14-15H2,1-8H3,(H,26,27). The lowest BCUT2D eigenvalue weighted by molar-refractivity contribution is 0.00578. The van der Waals surface area contributed by atoms with Gasteiger partial charge < -0.3 is 24.1 Å². The van der Waals surface area contributed by atoms with Gasteiger partial charge in [0, 0.05) is 6.54 Å². The summed E-state index contributed by atoms with van der Waals surface area (Å²) in [7, 11) is -1.02. The maximum absolute atomic E-state index is 15.0. The van der Waals surface area contributed by atoms with Crippen LogP contribution in [-0.2, 0) is 14.0 Å². The van der Waals surface area contributed by atoms with E-state index >= 15 is 0 Å². The van der Waals surface area contributed by atoms with E-state index in [4.69, 9.17) is 18.8 Å². The molecule has 1 heterocycles. The lowest BCUT2D eigenvalue weighted by Crippen LogP contribution is -2.41. The molecule has 1 N–H and O–H groups in total. The Morgan fingerprint density at radius 3 is 2.16 bits per heavy atom. The second-order valence-corrected chi connectivity index (χ2v) is 9.72. The van der Waals surface area contributed by atoms with E-state index in [9.17, 15) is 9.18 Å². The maximum Gasteiger partial charge on any atom is 0.525 e. The van der Waals surface area contributed by atoms with Crippen molar-refractivity contribution in [3.8, 4) is 5.75 Å². The lowest BCUT2D eigenvalue weighted by atomic mass is 9.83. The SMILES string of the molecule is CC(=C(F)B1OC(C)(C)C(C)(C)O1)c1ccc(OCCCNC(=O)OC(C)(C)C)cc1. The molecule has 1 fully saturated rings. The molecule has 31 heavy (non-hydrogen) atoms. The number of allylic oxidation sites excluding steroid dienone is 1. The summed E-state index contributed by atoms with van der Waals surface area (Å²) in [6, 6.07) is 7.18. The Bertz CT molecular complexity index is 783. The largest absolute Gasteiger partial charge is 0.525 e. The van der Waals surface area contributed by atoms with Crippen LogP contribution in [0.2, 0.25) is 0 Å². The molecule has 172 valence electrons. The van der Waals surface area contributed by atoms with Gasteiger partial charge in [-0.25, -0.2) is 9.18 Å². The normalized spacial score (nSPS) is 18.4. The molecule has 0 aliphatic carbocycles. The van der Waals surface area contributed by atoms with E-state index < -0.39 is 35.7 Å².